The molecule has 35 heavy (non-hydrogen) atoms. The van der Waals surface area contributed by atoms with Gasteiger partial charge < -0.3 is 19.1 Å². The number of aromatic nitrogens is 1. The number of carbonyl (C=O) groups is 1. The first-order valence-electron chi connectivity index (χ1n) is 11.6. The second-order valence-corrected chi connectivity index (χ2v) is 11.8. The highest BCUT2D eigenvalue weighted by molar-refractivity contribution is 7.88. The van der Waals surface area contributed by atoms with E-state index in [2.05, 4.69) is 25.5 Å². The average Bonchev–Trinajstić information content (AvgIpc) is 2.75. The van der Waals surface area contributed by atoms with E-state index in [0.29, 0.717) is 36.8 Å². The van der Waals surface area contributed by atoms with Crippen molar-refractivity contribution < 1.29 is 27.8 Å². The molecule has 9 nitrogen and oxygen atoms in total. The molecule has 2 aromatic rings. The minimum Gasteiger partial charge on any atom is -0.493 e. The summed E-state index contributed by atoms with van der Waals surface area (Å²) >= 11 is 0. The average molecular weight is 507 g/mol. The molecule has 0 spiro atoms. The number of carboxylic acid groups (broad SMARTS) is 1. The standard InChI is InChI=1S/C25H34N2O7S/c1-25(2,3)23-12-16-11-22(34-10-8-6-7-9-26-35(5,31)32)21(33-4)13-17(16)19-14-20(28)18(24(29)30)15-27(19)23/h11,13-15,23,26H,6-10,12H2,1-5H3,(H,29,30). The Kier molecular flexibility index (Phi) is 7.96. The van der Waals surface area contributed by atoms with E-state index in [1.165, 1.54) is 12.3 Å². The topological polar surface area (TPSA) is 124 Å². The van der Waals surface area contributed by atoms with E-state index in [1.54, 1.807) is 7.11 Å². The summed E-state index contributed by atoms with van der Waals surface area (Å²) in [5.41, 5.74) is 1.50. The van der Waals surface area contributed by atoms with Gasteiger partial charge in [0.2, 0.25) is 10.0 Å². The molecule has 1 aromatic heterocycles. The molecule has 0 aliphatic carbocycles. The molecule has 0 radical (unpaired) electrons. The van der Waals surface area contributed by atoms with Gasteiger partial charge in [0, 0.05) is 30.4 Å². The van der Waals surface area contributed by atoms with E-state index in [-0.39, 0.29) is 17.0 Å². The van der Waals surface area contributed by atoms with Crippen LogP contribution < -0.4 is 19.6 Å². The van der Waals surface area contributed by atoms with Crippen LogP contribution in [0.15, 0.2) is 29.2 Å². The molecular formula is C25H34N2O7S. The predicted molar refractivity (Wildman–Crippen MR) is 134 cm³/mol. The zero-order valence-electron chi connectivity index (χ0n) is 20.9. The van der Waals surface area contributed by atoms with Crippen molar-refractivity contribution in [3.05, 3.63) is 45.7 Å². The summed E-state index contributed by atoms with van der Waals surface area (Å²) in [6.07, 6.45) is 5.52. The molecule has 0 saturated heterocycles. The lowest BCUT2D eigenvalue weighted by Crippen LogP contribution is -2.32. The molecule has 192 valence electrons. The number of unbranched alkanes of at least 4 members (excludes halogenated alkanes) is 2. The predicted octanol–water partition coefficient (Wildman–Crippen LogP) is 3.46. The van der Waals surface area contributed by atoms with Gasteiger partial charge in [-0.25, -0.2) is 17.9 Å². The van der Waals surface area contributed by atoms with E-state index in [1.807, 2.05) is 16.7 Å². The normalized spacial score (nSPS) is 15.3. The van der Waals surface area contributed by atoms with Crippen LogP contribution in [0.2, 0.25) is 0 Å². The fourth-order valence-electron chi connectivity index (χ4n) is 4.34. The molecule has 1 aliphatic rings. The lowest BCUT2D eigenvalue weighted by Gasteiger charge is -2.39. The van der Waals surface area contributed by atoms with Crippen molar-refractivity contribution in [1.82, 2.24) is 9.29 Å². The quantitative estimate of drug-likeness (QED) is 0.473. The highest BCUT2D eigenvalue weighted by Crippen LogP contribution is 2.45. The van der Waals surface area contributed by atoms with Crippen molar-refractivity contribution in [3.63, 3.8) is 0 Å². The Hall–Kier alpha value is -2.85. The van der Waals surface area contributed by atoms with E-state index >= 15 is 0 Å². The van der Waals surface area contributed by atoms with Gasteiger partial charge in [-0.1, -0.05) is 20.8 Å². The molecule has 0 saturated carbocycles. The van der Waals surface area contributed by atoms with Crippen LogP contribution >= 0.6 is 0 Å². The summed E-state index contributed by atoms with van der Waals surface area (Å²) in [7, 11) is -1.62. The number of fused-ring (bicyclic) bond motifs is 3. The summed E-state index contributed by atoms with van der Waals surface area (Å²) in [4.78, 5) is 24.1. The van der Waals surface area contributed by atoms with Crippen molar-refractivity contribution in [2.75, 3.05) is 26.5 Å². The Bertz CT molecular complexity index is 1260. The van der Waals surface area contributed by atoms with E-state index in [4.69, 9.17) is 9.47 Å². The van der Waals surface area contributed by atoms with Crippen molar-refractivity contribution in [3.8, 4) is 22.8 Å². The molecule has 2 N–H and O–H groups in total. The first-order chi connectivity index (χ1) is 16.3. The number of hydrogen-bond acceptors (Lipinski definition) is 6. The summed E-state index contributed by atoms with van der Waals surface area (Å²) in [6.45, 7) is 7.12. The van der Waals surface area contributed by atoms with Crippen LogP contribution in [0, 0.1) is 5.41 Å². The van der Waals surface area contributed by atoms with Crippen molar-refractivity contribution in [2.24, 2.45) is 5.41 Å². The SMILES string of the molecule is COc1cc2c(cc1OCCCCCNS(C)(=O)=O)CC(C(C)(C)C)n1cc(C(=O)O)c(=O)cc1-2. The van der Waals surface area contributed by atoms with Gasteiger partial charge in [-0.05, 0) is 48.8 Å². The molecule has 1 unspecified atom stereocenters. The number of hydrogen-bond donors (Lipinski definition) is 2. The van der Waals surface area contributed by atoms with Crippen LogP contribution in [0.5, 0.6) is 11.5 Å². The minimum atomic E-state index is -3.17. The molecule has 1 atom stereocenters. The van der Waals surface area contributed by atoms with Crippen molar-refractivity contribution >= 4 is 16.0 Å². The van der Waals surface area contributed by atoms with Crippen molar-refractivity contribution in [1.29, 1.82) is 0 Å². The number of nitrogens with one attached hydrogen (secondary N) is 1. The maximum absolute atomic E-state index is 12.5. The molecule has 0 bridgehead atoms. The minimum absolute atomic E-state index is 0.0627. The van der Waals surface area contributed by atoms with Gasteiger partial charge in [-0.2, -0.15) is 0 Å². The summed E-state index contributed by atoms with van der Waals surface area (Å²) in [6, 6.07) is 5.11. The lowest BCUT2D eigenvalue weighted by atomic mass is 9.78. The second kappa shape index (κ2) is 10.4. The largest absolute Gasteiger partial charge is 0.493 e. The summed E-state index contributed by atoms with van der Waals surface area (Å²) in [5.74, 6) is -0.110. The number of methoxy groups -OCH3 is 1. The third kappa shape index (κ3) is 6.43. The Morgan fingerprint density at radius 2 is 1.89 bits per heavy atom. The molecule has 10 heteroatoms. The zero-order valence-corrected chi connectivity index (χ0v) is 21.7. The number of rotatable bonds is 10. The Labute approximate surface area is 206 Å². The Morgan fingerprint density at radius 1 is 1.17 bits per heavy atom. The highest BCUT2D eigenvalue weighted by atomic mass is 32.2. The molecular weight excluding hydrogens is 472 g/mol. The summed E-state index contributed by atoms with van der Waals surface area (Å²) < 4.78 is 38.2. The fraction of sp³-hybridized carbons (Fsp3) is 0.520. The maximum atomic E-state index is 12.5. The number of ether oxygens (including phenoxy) is 2. The number of nitrogens with zero attached hydrogens (tertiary/aromatic N) is 1. The number of benzene rings is 1. The molecule has 1 aromatic carbocycles. The van der Waals surface area contributed by atoms with Gasteiger partial charge in [0.25, 0.3) is 0 Å². The third-order valence-electron chi connectivity index (χ3n) is 6.17. The molecule has 1 aliphatic heterocycles. The van der Waals surface area contributed by atoms with Crippen LogP contribution in [0.4, 0.5) is 0 Å². The maximum Gasteiger partial charge on any atom is 0.341 e. The van der Waals surface area contributed by atoms with Crippen LogP contribution in [0.25, 0.3) is 11.3 Å². The third-order valence-corrected chi connectivity index (χ3v) is 6.90. The monoisotopic (exact) mass is 506 g/mol. The molecule has 0 fully saturated rings. The van der Waals surface area contributed by atoms with Gasteiger partial charge in [-0.15, -0.1) is 0 Å². The first kappa shape index (κ1) is 26.7. The van der Waals surface area contributed by atoms with E-state index in [9.17, 15) is 23.1 Å². The number of pyridine rings is 1. The van der Waals surface area contributed by atoms with Crippen LogP contribution in [0.3, 0.4) is 0 Å². The number of aromatic carboxylic acids is 1. The molecule has 2 heterocycles. The van der Waals surface area contributed by atoms with Gasteiger partial charge in [-0.3, -0.25) is 4.79 Å². The second-order valence-electron chi connectivity index (χ2n) is 9.97. The van der Waals surface area contributed by atoms with Crippen molar-refractivity contribution in [2.45, 2.75) is 52.5 Å². The van der Waals surface area contributed by atoms with Crippen LogP contribution in [0.1, 0.15) is 62.0 Å². The molecule has 3 rings (SSSR count). The van der Waals surface area contributed by atoms with Crippen LogP contribution in [-0.4, -0.2) is 50.6 Å². The first-order valence-corrected chi connectivity index (χ1v) is 13.5. The number of sulfonamides is 1. The van der Waals surface area contributed by atoms with Crippen LogP contribution in [-0.2, 0) is 16.4 Å². The lowest BCUT2D eigenvalue weighted by molar-refractivity contribution is 0.0693. The highest BCUT2D eigenvalue weighted by Gasteiger charge is 2.34. The van der Waals surface area contributed by atoms with E-state index in [0.717, 1.165) is 36.6 Å². The summed E-state index contributed by atoms with van der Waals surface area (Å²) in [5, 5.41) is 9.48. The zero-order chi connectivity index (χ0) is 26.0. The molecule has 0 amide bonds. The van der Waals surface area contributed by atoms with E-state index < -0.39 is 21.4 Å². The van der Waals surface area contributed by atoms with Gasteiger partial charge in [0.15, 0.2) is 16.9 Å². The number of carboxylic acids is 1. The fourth-order valence-corrected chi connectivity index (χ4v) is 4.85. The Balaban J connectivity index is 1.86. The Morgan fingerprint density at radius 3 is 2.49 bits per heavy atom. The smallest absolute Gasteiger partial charge is 0.341 e. The van der Waals surface area contributed by atoms with Gasteiger partial charge >= 0.3 is 5.97 Å². The van der Waals surface area contributed by atoms with Gasteiger partial charge in [0.1, 0.15) is 5.56 Å². The van der Waals surface area contributed by atoms with Gasteiger partial charge in [0.05, 0.1) is 25.7 Å².